The predicted octanol–water partition coefficient (Wildman–Crippen LogP) is -0.788. The third-order valence-electron chi connectivity index (χ3n) is 2.35. The lowest BCUT2D eigenvalue weighted by Gasteiger charge is -2.03. The maximum absolute atomic E-state index is 11.3. The first-order valence-corrected chi connectivity index (χ1v) is 6.26. The van der Waals surface area contributed by atoms with Gasteiger partial charge >= 0.3 is 5.69 Å². The summed E-state index contributed by atoms with van der Waals surface area (Å²) >= 11 is 1.10. The molecule has 0 aromatic carbocycles. The van der Waals surface area contributed by atoms with Crippen molar-refractivity contribution in [1.29, 1.82) is 0 Å². The van der Waals surface area contributed by atoms with E-state index in [1.54, 1.807) is 25.5 Å². The summed E-state index contributed by atoms with van der Waals surface area (Å²) in [5.41, 5.74) is 5.33. The molecule has 3 heterocycles. The van der Waals surface area contributed by atoms with Crippen LogP contribution in [-0.2, 0) is 7.05 Å². The zero-order valence-electron chi connectivity index (χ0n) is 10.3. The molecule has 0 amide bonds. The Labute approximate surface area is 116 Å². The van der Waals surface area contributed by atoms with Crippen molar-refractivity contribution in [2.45, 2.75) is 10.3 Å². The van der Waals surface area contributed by atoms with Gasteiger partial charge in [0.05, 0.1) is 0 Å². The molecule has 0 bridgehead atoms. The molecule has 0 radical (unpaired) electrons. The van der Waals surface area contributed by atoms with Crippen LogP contribution in [0.25, 0.3) is 5.95 Å². The molecule has 0 spiro atoms. The number of aromatic nitrogens is 8. The van der Waals surface area contributed by atoms with Gasteiger partial charge in [0.15, 0.2) is 5.16 Å². The summed E-state index contributed by atoms with van der Waals surface area (Å²) in [7, 11) is 1.59. The number of nitrogens with zero attached hydrogens (tertiary/aromatic N) is 7. The second kappa shape index (κ2) is 4.77. The minimum Gasteiger partial charge on any atom is -0.368 e. The minimum absolute atomic E-state index is 0.0635. The van der Waals surface area contributed by atoms with Crippen LogP contribution < -0.4 is 11.4 Å². The summed E-state index contributed by atoms with van der Waals surface area (Å²) in [6.45, 7) is 0. The normalized spacial score (nSPS) is 10.8. The Bertz CT molecular complexity index is 790. The number of rotatable bonds is 3. The molecular weight excluding hydrogens is 282 g/mol. The number of H-pyrrole nitrogens is 1. The first-order chi connectivity index (χ1) is 9.63. The van der Waals surface area contributed by atoms with Crippen molar-refractivity contribution >= 4 is 17.7 Å². The number of anilines is 1. The van der Waals surface area contributed by atoms with Crippen LogP contribution in [0.5, 0.6) is 0 Å². The van der Waals surface area contributed by atoms with E-state index in [0.29, 0.717) is 16.3 Å². The molecule has 3 aromatic rings. The van der Waals surface area contributed by atoms with Gasteiger partial charge in [-0.25, -0.2) is 14.6 Å². The van der Waals surface area contributed by atoms with Gasteiger partial charge in [0.25, 0.3) is 5.95 Å². The molecular formula is C9H9N9OS. The first-order valence-electron chi connectivity index (χ1n) is 5.44. The molecule has 3 aromatic heterocycles. The van der Waals surface area contributed by atoms with Gasteiger partial charge in [-0.1, -0.05) is 0 Å². The van der Waals surface area contributed by atoms with Crippen molar-refractivity contribution < 1.29 is 0 Å². The van der Waals surface area contributed by atoms with Crippen LogP contribution in [-0.4, -0.2) is 39.5 Å². The van der Waals surface area contributed by atoms with Gasteiger partial charge in [0, 0.05) is 19.4 Å². The monoisotopic (exact) mass is 291 g/mol. The molecule has 11 heteroatoms. The Morgan fingerprint density at radius 3 is 2.85 bits per heavy atom. The molecule has 0 fully saturated rings. The largest absolute Gasteiger partial charge is 0.368 e. The van der Waals surface area contributed by atoms with Gasteiger partial charge in [0.2, 0.25) is 11.1 Å². The maximum Gasteiger partial charge on any atom is 0.343 e. The van der Waals surface area contributed by atoms with Crippen molar-refractivity contribution in [3.8, 4) is 5.95 Å². The summed E-state index contributed by atoms with van der Waals surface area (Å²) in [6.07, 6.45) is 3.29. The number of hydrogen-bond donors (Lipinski definition) is 2. The molecule has 0 aliphatic carbocycles. The fraction of sp³-hybridized carbons (Fsp3) is 0.111. The molecule has 0 saturated heterocycles. The zero-order chi connectivity index (χ0) is 14.1. The van der Waals surface area contributed by atoms with Gasteiger partial charge in [-0.2, -0.15) is 20.1 Å². The quantitative estimate of drug-likeness (QED) is 0.641. The van der Waals surface area contributed by atoms with E-state index in [-0.39, 0.29) is 11.6 Å². The predicted molar refractivity (Wildman–Crippen MR) is 69.3 cm³/mol. The molecule has 0 atom stereocenters. The lowest BCUT2D eigenvalue weighted by atomic mass is 10.7. The van der Waals surface area contributed by atoms with E-state index < -0.39 is 0 Å². The molecule has 0 saturated carbocycles. The standard InChI is InChI=1S/C9H9N9OS/c1-17-8(19)15-16-9(17)20-7-13-5(10)12-6(14-7)18-4-2-3-11-18/h2-4H,1H3,(H,15,19)(H2,10,12,13,14). The van der Waals surface area contributed by atoms with E-state index in [1.807, 2.05) is 0 Å². The van der Waals surface area contributed by atoms with Gasteiger partial charge in [-0.3, -0.25) is 4.57 Å². The molecule has 3 N–H and O–H groups in total. The Balaban J connectivity index is 1.98. The van der Waals surface area contributed by atoms with Gasteiger partial charge in [-0.05, 0) is 17.8 Å². The number of hydrogen-bond acceptors (Lipinski definition) is 8. The van der Waals surface area contributed by atoms with Crippen LogP contribution in [0, 0.1) is 0 Å². The topological polar surface area (TPSA) is 133 Å². The van der Waals surface area contributed by atoms with E-state index in [9.17, 15) is 4.79 Å². The van der Waals surface area contributed by atoms with Crippen LogP contribution in [0.4, 0.5) is 5.95 Å². The average Bonchev–Trinajstić information content (AvgIpc) is 3.04. The first kappa shape index (κ1) is 12.3. The summed E-state index contributed by atoms with van der Waals surface area (Å²) < 4.78 is 2.81. The molecule has 0 aliphatic rings. The summed E-state index contributed by atoms with van der Waals surface area (Å²) in [6, 6.07) is 1.74. The number of nitrogens with one attached hydrogen (secondary N) is 1. The molecule has 3 rings (SSSR count). The Hall–Kier alpha value is -2.69. The highest BCUT2D eigenvalue weighted by molar-refractivity contribution is 7.99. The molecule has 10 nitrogen and oxygen atoms in total. The highest BCUT2D eigenvalue weighted by atomic mass is 32.2. The van der Waals surface area contributed by atoms with E-state index >= 15 is 0 Å². The van der Waals surface area contributed by atoms with Crippen LogP contribution in [0.2, 0.25) is 0 Å². The number of aromatic amines is 1. The van der Waals surface area contributed by atoms with Crippen molar-refractivity contribution in [1.82, 2.24) is 39.5 Å². The van der Waals surface area contributed by atoms with Crippen LogP contribution in [0.15, 0.2) is 33.6 Å². The number of nitrogen functional groups attached to an aromatic ring is 1. The lowest BCUT2D eigenvalue weighted by Crippen LogP contribution is -2.13. The Morgan fingerprint density at radius 1 is 1.35 bits per heavy atom. The van der Waals surface area contributed by atoms with E-state index in [1.165, 1.54) is 9.25 Å². The van der Waals surface area contributed by atoms with Crippen molar-refractivity contribution in [2.75, 3.05) is 5.73 Å². The summed E-state index contributed by atoms with van der Waals surface area (Å²) in [5, 5.41) is 11.0. The second-order valence-electron chi connectivity index (χ2n) is 3.70. The lowest BCUT2D eigenvalue weighted by molar-refractivity contribution is 0.747. The SMILES string of the molecule is Cn1c(Sc2nc(N)nc(-n3cccn3)n2)n[nH]c1=O. The van der Waals surface area contributed by atoms with Crippen LogP contribution >= 0.6 is 11.8 Å². The molecule has 102 valence electrons. The van der Waals surface area contributed by atoms with Gasteiger partial charge in [-0.15, -0.1) is 5.10 Å². The fourth-order valence-electron chi connectivity index (χ4n) is 1.40. The van der Waals surface area contributed by atoms with Crippen LogP contribution in [0.3, 0.4) is 0 Å². The van der Waals surface area contributed by atoms with Crippen molar-refractivity contribution in [3.05, 3.63) is 28.9 Å². The maximum atomic E-state index is 11.3. The second-order valence-corrected chi connectivity index (χ2v) is 4.63. The third-order valence-corrected chi connectivity index (χ3v) is 3.26. The molecule has 0 aliphatic heterocycles. The Morgan fingerprint density at radius 2 is 2.20 bits per heavy atom. The van der Waals surface area contributed by atoms with E-state index in [0.717, 1.165) is 11.8 Å². The van der Waals surface area contributed by atoms with Crippen LogP contribution in [0.1, 0.15) is 0 Å². The zero-order valence-corrected chi connectivity index (χ0v) is 11.1. The molecule has 20 heavy (non-hydrogen) atoms. The van der Waals surface area contributed by atoms with Crippen molar-refractivity contribution in [2.24, 2.45) is 7.05 Å². The fourth-order valence-corrected chi connectivity index (χ4v) is 2.14. The summed E-state index contributed by atoms with van der Waals surface area (Å²) in [4.78, 5) is 23.5. The third kappa shape index (κ3) is 2.25. The van der Waals surface area contributed by atoms with Gasteiger partial charge in [0.1, 0.15) is 0 Å². The van der Waals surface area contributed by atoms with E-state index in [4.69, 9.17) is 5.73 Å². The number of nitrogens with two attached hydrogens (primary N) is 1. The highest BCUT2D eigenvalue weighted by Crippen LogP contribution is 2.21. The minimum atomic E-state index is -0.318. The molecule has 0 unspecified atom stereocenters. The Kier molecular flexibility index (Phi) is 2.95. The smallest absolute Gasteiger partial charge is 0.343 e. The van der Waals surface area contributed by atoms with Gasteiger partial charge < -0.3 is 5.73 Å². The average molecular weight is 291 g/mol. The highest BCUT2D eigenvalue weighted by Gasteiger charge is 2.12. The van der Waals surface area contributed by atoms with Crippen molar-refractivity contribution in [3.63, 3.8) is 0 Å². The van der Waals surface area contributed by atoms with E-state index in [2.05, 4.69) is 30.2 Å². The summed E-state index contributed by atoms with van der Waals surface area (Å²) in [5.74, 6) is 0.360.